The first-order chi connectivity index (χ1) is 9.25. The van der Waals surface area contributed by atoms with Crippen LogP contribution in [0.2, 0.25) is 0 Å². The summed E-state index contributed by atoms with van der Waals surface area (Å²) < 4.78 is 5.43. The minimum Gasteiger partial charge on any atom is -0.381 e. The van der Waals surface area contributed by atoms with E-state index in [0.717, 1.165) is 38.3 Å². The first kappa shape index (κ1) is 15.2. The zero-order valence-electron chi connectivity index (χ0n) is 12.7. The summed E-state index contributed by atoms with van der Waals surface area (Å²) in [5.41, 5.74) is 0. The Labute approximate surface area is 118 Å². The normalized spacial score (nSPS) is 24.8. The van der Waals surface area contributed by atoms with E-state index in [-0.39, 0.29) is 0 Å². The fourth-order valence-corrected chi connectivity index (χ4v) is 3.17. The van der Waals surface area contributed by atoms with E-state index in [2.05, 4.69) is 29.1 Å². The summed E-state index contributed by atoms with van der Waals surface area (Å²) in [6, 6.07) is 0.722. The van der Waals surface area contributed by atoms with Gasteiger partial charge >= 0.3 is 0 Å². The quantitative estimate of drug-likeness (QED) is 0.779. The minimum absolute atomic E-state index is 0.722. The highest BCUT2D eigenvalue weighted by atomic mass is 16.5. The van der Waals surface area contributed by atoms with Crippen LogP contribution in [-0.2, 0) is 4.74 Å². The van der Waals surface area contributed by atoms with Crippen molar-refractivity contribution in [1.82, 2.24) is 15.1 Å². The number of piperazine rings is 1. The Morgan fingerprint density at radius 3 is 2.63 bits per heavy atom. The van der Waals surface area contributed by atoms with Crippen molar-refractivity contribution in [2.24, 2.45) is 5.92 Å². The molecule has 1 unspecified atom stereocenters. The molecule has 1 atom stereocenters. The van der Waals surface area contributed by atoms with Crippen molar-refractivity contribution in [1.29, 1.82) is 0 Å². The smallest absolute Gasteiger partial charge is 0.0469 e. The lowest BCUT2D eigenvalue weighted by Crippen LogP contribution is -2.48. The molecule has 2 heterocycles. The van der Waals surface area contributed by atoms with Crippen molar-refractivity contribution in [2.75, 3.05) is 59.5 Å². The molecule has 1 N–H and O–H groups in total. The van der Waals surface area contributed by atoms with Crippen LogP contribution in [-0.4, -0.2) is 75.4 Å². The SMILES string of the molecule is CC(CCN(C)CC1CCOCC1)N1CCNCC1. The van der Waals surface area contributed by atoms with Gasteiger partial charge in [0.25, 0.3) is 0 Å². The number of hydrogen-bond donors (Lipinski definition) is 1. The number of ether oxygens (including phenoxy) is 1. The molecule has 0 saturated carbocycles. The zero-order chi connectivity index (χ0) is 13.5. The average Bonchev–Trinajstić information content (AvgIpc) is 2.47. The molecule has 2 saturated heterocycles. The summed E-state index contributed by atoms with van der Waals surface area (Å²) >= 11 is 0. The second-order valence-corrected chi connectivity index (χ2v) is 6.24. The van der Waals surface area contributed by atoms with Gasteiger partial charge in [-0.05, 0) is 45.7 Å². The van der Waals surface area contributed by atoms with Gasteiger partial charge in [-0.25, -0.2) is 0 Å². The van der Waals surface area contributed by atoms with Crippen LogP contribution in [0.25, 0.3) is 0 Å². The van der Waals surface area contributed by atoms with Gasteiger partial charge in [-0.3, -0.25) is 4.90 Å². The molecule has 112 valence electrons. The van der Waals surface area contributed by atoms with E-state index in [1.807, 2.05) is 0 Å². The molecule has 0 aromatic heterocycles. The highest BCUT2D eigenvalue weighted by Gasteiger charge is 2.18. The summed E-state index contributed by atoms with van der Waals surface area (Å²) in [7, 11) is 2.28. The largest absolute Gasteiger partial charge is 0.381 e. The third kappa shape index (κ3) is 5.38. The second kappa shape index (κ2) is 8.20. The molecule has 0 amide bonds. The molecule has 2 fully saturated rings. The predicted octanol–water partition coefficient (Wildman–Crippen LogP) is 1.03. The fourth-order valence-electron chi connectivity index (χ4n) is 3.17. The van der Waals surface area contributed by atoms with Crippen molar-refractivity contribution in [3.63, 3.8) is 0 Å². The zero-order valence-corrected chi connectivity index (χ0v) is 12.7. The number of rotatable bonds is 6. The molecule has 4 heteroatoms. The molecule has 2 aliphatic heterocycles. The monoisotopic (exact) mass is 269 g/mol. The molecule has 4 nitrogen and oxygen atoms in total. The second-order valence-electron chi connectivity index (χ2n) is 6.24. The molecule has 0 aliphatic carbocycles. The van der Waals surface area contributed by atoms with E-state index in [0.29, 0.717) is 0 Å². The van der Waals surface area contributed by atoms with Crippen LogP contribution in [0.3, 0.4) is 0 Å². The molecule has 0 aromatic carbocycles. The minimum atomic E-state index is 0.722. The third-order valence-electron chi connectivity index (χ3n) is 4.61. The van der Waals surface area contributed by atoms with Crippen molar-refractivity contribution in [3.05, 3.63) is 0 Å². The van der Waals surface area contributed by atoms with Crippen LogP contribution < -0.4 is 5.32 Å². The standard InChI is InChI=1S/C15H31N3O/c1-14(18-9-6-16-7-10-18)3-8-17(2)13-15-4-11-19-12-5-15/h14-16H,3-13H2,1-2H3. The molecule has 2 aliphatic rings. The fraction of sp³-hybridized carbons (Fsp3) is 1.00. The van der Waals surface area contributed by atoms with E-state index in [9.17, 15) is 0 Å². The van der Waals surface area contributed by atoms with Gasteiger partial charge in [0.15, 0.2) is 0 Å². The number of nitrogens with one attached hydrogen (secondary N) is 1. The van der Waals surface area contributed by atoms with E-state index in [1.54, 1.807) is 0 Å². The van der Waals surface area contributed by atoms with Crippen LogP contribution in [0.5, 0.6) is 0 Å². The Balaban J connectivity index is 1.60. The van der Waals surface area contributed by atoms with E-state index < -0.39 is 0 Å². The summed E-state index contributed by atoms with van der Waals surface area (Å²) in [4.78, 5) is 5.15. The van der Waals surface area contributed by atoms with Gasteiger partial charge in [-0.15, -0.1) is 0 Å². The number of nitrogens with zero attached hydrogens (tertiary/aromatic N) is 2. The highest BCUT2D eigenvalue weighted by Crippen LogP contribution is 2.16. The molecule has 2 rings (SSSR count). The molecular formula is C15H31N3O. The highest BCUT2D eigenvalue weighted by molar-refractivity contribution is 4.75. The van der Waals surface area contributed by atoms with Crippen molar-refractivity contribution >= 4 is 0 Å². The van der Waals surface area contributed by atoms with Crippen LogP contribution in [0.1, 0.15) is 26.2 Å². The first-order valence-electron chi connectivity index (χ1n) is 7.97. The Morgan fingerprint density at radius 2 is 1.95 bits per heavy atom. The van der Waals surface area contributed by atoms with Crippen LogP contribution in [0, 0.1) is 5.92 Å². The van der Waals surface area contributed by atoms with Gasteiger partial charge in [-0.2, -0.15) is 0 Å². The summed E-state index contributed by atoms with van der Waals surface area (Å²) in [5, 5.41) is 3.42. The molecule has 19 heavy (non-hydrogen) atoms. The van der Waals surface area contributed by atoms with Crippen LogP contribution in [0.4, 0.5) is 0 Å². The van der Waals surface area contributed by atoms with E-state index in [1.165, 1.54) is 45.4 Å². The topological polar surface area (TPSA) is 27.7 Å². The molecular weight excluding hydrogens is 238 g/mol. The van der Waals surface area contributed by atoms with Crippen LogP contribution >= 0.6 is 0 Å². The molecule has 0 spiro atoms. The van der Waals surface area contributed by atoms with Crippen molar-refractivity contribution in [3.8, 4) is 0 Å². The molecule has 0 radical (unpaired) electrons. The third-order valence-corrected chi connectivity index (χ3v) is 4.61. The maximum atomic E-state index is 5.43. The average molecular weight is 269 g/mol. The van der Waals surface area contributed by atoms with Gasteiger partial charge in [0.2, 0.25) is 0 Å². The maximum Gasteiger partial charge on any atom is 0.0469 e. The summed E-state index contributed by atoms with van der Waals surface area (Å²) in [6.45, 7) is 11.5. The van der Waals surface area contributed by atoms with Crippen LogP contribution in [0.15, 0.2) is 0 Å². The van der Waals surface area contributed by atoms with Gasteiger partial charge in [0, 0.05) is 52.0 Å². The Hall–Kier alpha value is -0.160. The van der Waals surface area contributed by atoms with Gasteiger partial charge < -0.3 is 15.0 Å². The Morgan fingerprint density at radius 1 is 1.26 bits per heavy atom. The van der Waals surface area contributed by atoms with E-state index >= 15 is 0 Å². The Bertz CT molecular complexity index is 238. The van der Waals surface area contributed by atoms with E-state index in [4.69, 9.17) is 4.74 Å². The van der Waals surface area contributed by atoms with Gasteiger partial charge in [0.05, 0.1) is 0 Å². The lowest BCUT2D eigenvalue weighted by Gasteiger charge is -2.34. The van der Waals surface area contributed by atoms with Gasteiger partial charge in [-0.1, -0.05) is 0 Å². The summed E-state index contributed by atoms with van der Waals surface area (Å²) in [5.74, 6) is 0.855. The van der Waals surface area contributed by atoms with Crippen molar-refractivity contribution in [2.45, 2.75) is 32.2 Å². The van der Waals surface area contributed by atoms with Gasteiger partial charge in [0.1, 0.15) is 0 Å². The first-order valence-corrected chi connectivity index (χ1v) is 7.97. The number of hydrogen-bond acceptors (Lipinski definition) is 4. The summed E-state index contributed by atoms with van der Waals surface area (Å²) in [6.07, 6.45) is 3.79. The molecule has 0 bridgehead atoms. The maximum absolute atomic E-state index is 5.43. The lowest BCUT2D eigenvalue weighted by atomic mass is 10.00. The lowest BCUT2D eigenvalue weighted by molar-refractivity contribution is 0.0544. The predicted molar refractivity (Wildman–Crippen MR) is 79.6 cm³/mol. The Kier molecular flexibility index (Phi) is 6.57. The van der Waals surface area contributed by atoms with Crippen molar-refractivity contribution < 1.29 is 4.74 Å². The molecule has 0 aromatic rings.